The number of esters is 1. The highest BCUT2D eigenvalue weighted by atomic mass is 16.5. The van der Waals surface area contributed by atoms with Crippen LogP contribution in [-0.4, -0.2) is 5.97 Å². The standard InChI is InChI=1S/C13H14O2/c1-2-3-4-8-11-13(14)15-12-9-6-5-7-10-12/h5-7,9-10H,2-4H2,1H3. The van der Waals surface area contributed by atoms with Crippen LogP contribution in [0.1, 0.15) is 26.2 Å². The van der Waals surface area contributed by atoms with E-state index in [2.05, 4.69) is 18.8 Å². The summed E-state index contributed by atoms with van der Waals surface area (Å²) in [6.07, 6.45) is 2.86. The Kier molecular flexibility index (Phi) is 5.03. The fraction of sp³-hybridized carbons (Fsp3) is 0.308. The number of ether oxygens (including phenoxy) is 1. The molecule has 0 fully saturated rings. The van der Waals surface area contributed by atoms with Crippen molar-refractivity contribution in [3.8, 4) is 17.6 Å². The number of carbonyl (C=O) groups is 1. The van der Waals surface area contributed by atoms with Crippen LogP contribution in [0.15, 0.2) is 30.3 Å². The number of hydrogen-bond acceptors (Lipinski definition) is 2. The monoisotopic (exact) mass is 202 g/mol. The van der Waals surface area contributed by atoms with Crippen molar-refractivity contribution in [2.45, 2.75) is 26.2 Å². The topological polar surface area (TPSA) is 26.3 Å². The Morgan fingerprint density at radius 1 is 1.33 bits per heavy atom. The highest BCUT2D eigenvalue weighted by Crippen LogP contribution is 2.07. The van der Waals surface area contributed by atoms with Gasteiger partial charge in [-0.15, -0.1) is 0 Å². The molecule has 0 saturated carbocycles. The van der Waals surface area contributed by atoms with E-state index in [0.717, 1.165) is 19.3 Å². The fourth-order valence-corrected chi connectivity index (χ4v) is 1.02. The SMILES string of the molecule is CCCCC#CC(=O)Oc1ccccc1. The van der Waals surface area contributed by atoms with Crippen LogP contribution in [0.4, 0.5) is 0 Å². The second-order valence-electron chi connectivity index (χ2n) is 3.11. The molecule has 0 atom stereocenters. The smallest absolute Gasteiger partial charge is 0.389 e. The van der Waals surface area contributed by atoms with Gasteiger partial charge in [-0.05, 0) is 18.6 Å². The number of para-hydroxylation sites is 1. The molecule has 78 valence electrons. The lowest BCUT2D eigenvalue weighted by atomic mass is 10.2. The Labute approximate surface area is 90.3 Å². The summed E-state index contributed by atoms with van der Waals surface area (Å²) in [5.74, 6) is 5.28. The van der Waals surface area contributed by atoms with Crippen molar-refractivity contribution in [1.82, 2.24) is 0 Å². The van der Waals surface area contributed by atoms with Crippen LogP contribution in [0.3, 0.4) is 0 Å². The first-order valence-corrected chi connectivity index (χ1v) is 5.08. The molecule has 1 aromatic rings. The van der Waals surface area contributed by atoms with Crippen molar-refractivity contribution < 1.29 is 9.53 Å². The molecule has 0 aliphatic heterocycles. The first-order chi connectivity index (χ1) is 7.33. The number of rotatable bonds is 3. The Hall–Kier alpha value is -1.75. The molecule has 0 unspecified atom stereocenters. The summed E-state index contributed by atoms with van der Waals surface area (Å²) in [7, 11) is 0. The van der Waals surface area contributed by atoms with E-state index in [1.54, 1.807) is 12.1 Å². The Bertz CT molecular complexity index is 357. The fourth-order valence-electron chi connectivity index (χ4n) is 1.02. The second kappa shape index (κ2) is 6.67. The summed E-state index contributed by atoms with van der Waals surface area (Å²) in [4.78, 5) is 11.2. The van der Waals surface area contributed by atoms with E-state index < -0.39 is 5.97 Å². The molecule has 0 aliphatic rings. The predicted octanol–water partition coefficient (Wildman–Crippen LogP) is 2.79. The predicted molar refractivity (Wildman–Crippen MR) is 59.4 cm³/mol. The molecule has 0 heterocycles. The summed E-state index contributed by atoms with van der Waals surface area (Å²) in [5.41, 5.74) is 0. The zero-order valence-corrected chi connectivity index (χ0v) is 8.82. The van der Waals surface area contributed by atoms with Crippen LogP contribution in [0, 0.1) is 11.8 Å². The molecule has 0 saturated heterocycles. The zero-order chi connectivity index (χ0) is 10.9. The molecule has 0 bridgehead atoms. The van der Waals surface area contributed by atoms with E-state index in [9.17, 15) is 4.79 Å². The van der Waals surface area contributed by atoms with Gasteiger partial charge in [0, 0.05) is 12.3 Å². The molecule has 0 aliphatic carbocycles. The van der Waals surface area contributed by atoms with Crippen molar-refractivity contribution in [2.24, 2.45) is 0 Å². The average Bonchev–Trinajstić information content (AvgIpc) is 2.26. The van der Waals surface area contributed by atoms with E-state index in [1.807, 2.05) is 18.2 Å². The molecule has 15 heavy (non-hydrogen) atoms. The van der Waals surface area contributed by atoms with Gasteiger partial charge in [-0.1, -0.05) is 37.5 Å². The van der Waals surface area contributed by atoms with Gasteiger partial charge >= 0.3 is 5.97 Å². The highest BCUT2D eigenvalue weighted by molar-refractivity contribution is 5.90. The molecule has 0 N–H and O–H groups in total. The number of hydrogen-bond donors (Lipinski definition) is 0. The van der Waals surface area contributed by atoms with E-state index >= 15 is 0 Å². The van der Waals surface area contributed by atoms with Gasteiger partial charge in [-0.2, -0.15) is 0 Å². The lowest BCUT2D eigenvalue weighted by Gasteiger charge is -1.97. The molecule has 0 spiro atoms. The molecular weight excluding hydrogens is 188 g/mol. The third-order valence-electron chi connectivity index (χ3n) is 1.80. The van der Waals surface area contributed by atoms with Gasteiger partial charge in [-0.25, -0.2) is 4.79 Å². The number of carbonyl (C=O) groups excluding carboxylic acids is 1. The molecular formula is C13H14O2. The maximum Gasteiger partial charge on any atom is 0.389 e. The zero-order valence-electron chi connectivity index (χ0n) is 8.82. The highest BCUT2D eigenvalue weighted by Gasteiger charge is 1.97. The average molecular weight is 202 g/mol. The van der Waals surface area contributed by atoms with Crippen LogP contribution < -0.4 is 4.74 Å². The van der Waals surface area contributed by atoms with Gasteiger partial charge in [0.25, 0.3) is 0 Å². The van der Waals surface area contributed by atoms with Gasteiger partial charge in [0.1, 0.15) is 5.75 Å². The molecule has 0 radical (unpaired) electrons. The maximum atomic E-state index is 11.2. The van der Waals surface area contributed by atoms with Gasteiger partial charge < -0.3 is 4.74 Å². The number of benzene rings is 1. The van der Waals surface area contributed by atoms with E-state index in [4.69, 9.17) is 4.74 Å². The molecule has 0 amide bonds. The minimum Gasteiger partial charge on any atom is -0.417 e. The van der Waals surface area contributed by atoms with Crippen LogP contribution in [0.25, 0.3) is 0 Å². The summed E-state index contributed by atoms with van der Waals surface area (Å²) >= 11 is 0. The Balaban J connectivity index is 2.38. The molecule has 1 aromatic carbocycles. The molecule has 2 heteroatoms. The first kappa shape index (κ1) is 11.3. The number of unbranched alkanes of at least 4 members (excludes halogenated alkanes) is 2. The molecule has 0 aromatic heterocycles. The third-order valence-corrected chi connectivity index (χ3v) is 1.80. The third kappa shape index (κ3) is 4.87. The van der Waals surface area contributed by atoms with Crippen LogP contribution in [0.2, 0.25) is 0 Å². The van der Waals surface area contributed by atoms with E-state index in [-0.39, 0.29) is 0 Å². The van der Waals surface area contributed by atoms with Crippen molar-refractivity contribution in [1.29, 1.82) is 0 Å². The minimum absolute atomic E-state index is 0.489. The van der Waals surface area contributed by atoms with Crippen LogP contribution >= 0.6 is 0 Å². The summed E-state index contributed by atoms with van der Waals surface area (Å²) in [6.45, 7) is 2.09. The second-order valence-corrected chi connectivity index (χ2v) is 3.11. The minimum atomic E-state index is -0.489. The summed E-state index contributed by atoms with van der Waals surface area (Å²) in [6, 6.07) is 8.95. The van der Waals surface area contributed by atoms with E-state index in [0.29, 0.717) is 5.75 Å². The molecule has 2 nitrogen and oxygen atoms in total. The lowest BCUT2D eigenvalue weighted by molar-refractivity contribution is -0.128. The maximum absolute atomic E-state index is 11.2. The summed E-state index contributed by atoms with van der Waals surface area (Å²) in [5, 5.41) is 0. The van der Waals surface area contributed by atoms with E-state index in [1.165, 1.54) is 0 Å². The normalized spacial score (nSPS) is 8.87. The van der Waals surface area contributed by atoms with Crippen LogP contribution in [-0.2, 0) is 4.79 Å². The van der Waals surface area contributed by atoms with Crippen molar-refractivity contribution in [2.75, 3.05) is 0 Å². The quantitative estimate of drug-likeness (QED) is 0.248. The lowest BCUT2D eigenvalue weighted by Crippen LogP contribution is -2.03. The van der Waals surface area contributed by atoms with Gasteiger partial charge in [0.05, 0.1) is 0 Å². The van der Waals surface area contributed by atoms with Crippen LogP contribution in [0.5, 0.6) is 5.75 Å². The van der Waals surface area contributed by atoms with Gasteiger partial charge in [0.15, 0.2) is 0 Å². The Morgan fingerprint density at radius 3 is 2.73 bits per heavy atom. The van der Waals surface area contributed by atoms with Gasteiger partial charge in [-0.3, -0.25) is 0 Å². The first-order valence-electron chi connectivity index (χ1n) is 5.08. The van der Waals surface area contributed by atoms with Crippen molar-refractivity contribution in [3.63, 3.8) is 0 Å². The largest absolute Gasteiger partial charge is 0.417 e. The van der Waals surface area contributed by atoms with Crippen molar-refractivity contribution in [3.05, 3.63) is 30.3 Å². The molecule has 1 rings (SSSR count). The van der Waals surface area contributed by atoms with Crippen molar-refractivity contribution >= 4 is 5.97 Å². The Morgan fingerprint density at radius 2 is 2.07 bits per heavy atom. The summed E-state index contributed by atoms with van der Waals surface area (Å²) < 4.78 is 4.98. The van der Waals surface area contributed by atoms with Gasteiger partial charge in [0.2, 0.25) is 0 Å².